The minimum Gasteiger partial charge on any atom is -0.480 e. The Morgan fingerprint density at radius 1 is 1.11 bits per heavy atom. The van der Waals surface area contributed by atoms with Gasteiger partial charge in [0.2, 0.25) is 0 Å². The molecule has 194 valence electrons. The van der Waals surface area contributed by atoms with Gasteiger partial charge in [-0.2, -0.15) is 16.5 Å². The van der Waals surface area contributed by atoms with E-state index in [0.717, 1.165) is 39.6 Å². The number of carboxylic acid groups (broad SMARTS) is 1. The Balaban J connectivity index is 0.00000361. The Morgan fingerprint density at radius 3 is 2.39 bits per heavy atom. The lowest BCUT2D eigenvalue weighted by Crippen LogP contribution is -2.49. The Bertz CT molecular complexity index is 1300. The maximum absolute atomic E-state index is 13.4. The molecule has 0 amide bonds. The molecular formula is C25H28Cl2N2O4S3. The number of nitrogens with zero attached hydrogens (tertiary/aromatic N) is 1. The van der Waals surface area contributed by atoms with E-state index in [2.05, 4.69) is 9.62 Å². The summed E-state index contributed by atoms with van der Waals surface area (Å²) in [5.74, 6) is 0.159. The monoisotopic (exact) mass is 586 g/mol. The van der Waals surface area contributed by atoms with Crippen LogP contribution in [-0.4, -0.2) is 62.1 Å². The highest BCUT2D eigenvalue weighted by Crippen LogP contribution is 2.60. The van der Waals surface area contributed by atoms with Crippen LogP contribution in [0.25, 0.3) is 10.4 Å². The van der Waals surface area contributed by atoms with Gasteiger partial charge in [-0.25, -0.2) is 8.42 Å². The molecule has 1 aliphatic carbocycles. The molecule has 1 aromatic heterocycles. The van der Waals surface area contributed by atoms with E-state index in [1.165, 1.54) is 6.07 Å². The summed E-state index contributed by atoms with van der Waals surface area (Å²) in [4.78, 5) is 15.5. The molecule has 2 atom stereocenters. The van der Waals surface area contributed by atoms with E-state index in [1.54, 1.807) is 30.0 Å². The number of hydrogen-bond donors (Lipinski definition) is 2. The lowest BCUT2D eigenvalue weighted by Gasteiger charge is -2.24. The summed E-state index contributed by atoms with van der Waals surface area (Å²) >= 11 is 8.71. The van der Waals surface area contributed by atoms with Gasteiger partial charge in [0.05, 0.1) is 0 Å². The zero-order valence-corrected chi connectivity index (χ0v) is 23.8. The summed E-state index contributed by atoms with van der Waals surface area (Å²) in [6.45, 7) is 0.851. The molecule has 6 nitrogen and oxygen atoms in total. The molecule has 36 heavy (non-hydrogen) atoms. The topological polar surface area (TPSA) is 86.7 Å². The number of aliphatic carboxylic acids is 1. The molecular weight excluding hydrogens is 559 g/mol. The quantitative estimate of drug-likeness (QED) is 0.299. The Morgan fingerprint density at radius 2 is 1.78 bits per heavy atom. The minimum absolute atomic E-state index is 0. The Hall–Kier alpha value is -1.59. The van der Waals surface area contributed by atoms with Crippen molar-refractivity contribution < 1.29 is 18.3 Å². The first-order valence-corrected chi connectivity index (χ1v) is 14.8. The van der Waals surface area contributed by atoms with Crippen LogP contribution in [0, 0.1) is 0 Å². The molecule has 0 aliphatic heterocycles. The summed E-state index contributed by atoms with van der Waals surface area (Å²) in [5, 5.41) is 10.9. The predicted molar refractivity (Wildman–Crippen MR) is 151 cm³/mol. The van der Waals surface area contributed by atoms with Gasteiger partial charge in [-0.15, -0.1) is 23.7 Å². The molecule has 3 aromatic rings. The van der Waals surface area contributed by atoms with Gasteiger partial charge < -0.3 is 10.0 Å². The molecule has 4 rings (SSSR count). The van der Waals surface area contributed by atoms with Crippen molar-refractivity contribution in [1.82, 2.24) is 9.62 Å². The number of thioether (sulfide) groups is 1. The van der Waals surface area contributed by atoms with Crippen molar-refractivity contribution in [2.45, 2.75) is 21.6 Å². The van der Waals surface area contributed by atoms with Crippen LogP contribution in [0.1, 0.15) is 12.0 Å². The smallest absolute Gasteiger partial charge is 0.325 e. The Labute approximate surface area is 231 Å². The summed E-state index contributed by atoms with van der Waals surface area (Å²) in [5.41, 5.74) is -0.769. The third-order valence-corrected chi connectivity index (χ3v) is 10.8. The number of thiophene rings is 1. The number of carbonyl (C=O) groups is 1. The normalized spacial score (nSPS) is 21.2. The molecule has 1 aliphatic rings. The standard InChI is InChI=1S/C25H27ClN2O4S3.ClH/c1-28(2)14-15-33-17-24(19-6-4-3-5-7-19)16-25(24,23(29)30)27-35(31,32)22-13-12-21(34-22)18-8-10-20(26)11-9-18;/h3-13,27H,14-17H2,1-2H3,(H,29,30);1H. The second-order valence-corrected chi connectivity index (χ2v) is 13.5. The molecule has 1 heterocycles. The van der Waals surface area contributed by atoms with Crippen molar-refractivity contribution in [3.8, 4) is 10.4 Å². The summed E-state index contributed by atoms with van der Waals surface area (Å²) in [7, 11) is -0.103. The largest absolute Gasteiger partial charge is 0.480 e. The van der Waals surface area contributed by atoms with Gasteiger partial charge in [-0.3, -0.25) is 4.79 Å². The fraction of sp³-hybridized carbons (Fsp3) is 0.320. The van der Waals surface area contributed by atoms with E-state index >= 15 is 0 Å². The number of halogens is 2. The van der Waals surface area contributed by atoms with Crippen LogP contribution in [0.15, 0.2) is 70.9 Å². The van der Waals surface area contributed by atoms with Gasteiger partial charge in [-0.1, -0.05) is 54.1 Å². The Kier molecular flexibility index (Phi) is 9.20. The highest BCUT2D eigenvalue weighted by Gasteiger charge is 2.74. The third kappa shape index (κ3) is 5.78. The molecule has 2 unspecified atom stereocenters. The first kappa shape index (κ1) is 29.0. The highest BCUT2D eigenvalue weighted by molar-refractivity contribution is 7.99. The van der Waals surface area contributed by atoms with E-state index in [-0.39, 0.29) is 23.0 Å². The van der Waals surface area contributed by atoms with Gasteiger partial charge in [0, 0.05) is 33.4 Å². The molecule has 1 saturated carbocycles. The first-order chi connectivity index (χ1) is 16.6. The van der Waals surface area contributed by atoms with Crippen molar-refractivity contribution in [3.63, 3.8) is 0 Å². The number of rotatable bonds is 11. The second kappa shape index (κ2) is 11.4. The summed E-state index contributed by atoms with van der Waals surface area (Å²) < 4.78 is 29.6. The molecule has 0 saturated heterocycles. The minimum atomic E-state index is -4.07. The van der Waals surface area contributed by atoms with Crippen molar-refractivity contribution >= 4 is 63.1 Å². The van der Waals surface area contributed by atoms with Crippen molar-refractivity contribution in [2.75, 3.05) is 32.1 Å². The fourth-order valence-electron chi connectivity index (χ4n) is 4.24. The third-order valence-electron chi connectivity index (χ3n) is 6.27. The van der Waals surface area contributed by atoms with Gasteiger partial charge in [-0.05, 0) is 55.9 Å². The van der Waals surface area contributed by atoms with Crippen molar-refractivity contribution in [3.05, 3.63) is 77.3 Å². The lowest BCUT2D eigenvalue weighted by molar-refractivity contribution is -0.140. The maximum atomic E-state index is 13.4. The maximum Gasteiger partial charge on any atom is 0.325 e. The van der Waals surface area contributed by atoms with Gasteiger partial charge >= 0.3 is 5.97 Å². The summed E-state index contributed by atoms with van der Waals surface area (Å²) in [6, 6.07) is 19.7. The first-order valence-electron chi connectivity index (χ1n) is 11.0. The van der Waals surface area contributed by atoms with Crippen LogP contribution in [0.2, 0.25) is 5.02 Å². The van der Waals surface area contributed by atoms with Gasteiger partial charge in [0.1, 0.15) is 9.75 Å². The number of hydrogen-bond acceptors (Lipinski definition) is 6. The molecule has 0 bridgehead atoms. The van der Waals surface area contributed by atoms with E-state index in [1.807, 2.05) is 56.6 Å². The summed E-state index contributed by atoms with van der Waals surface area (Å²) in [6.07, 6.45) is 0.197. The van der Waals surface area contributed by atoms with E-state index in [4.69, 9.17) is 11.6 Å². The van der Waals surface area contributed by atoms with Gasteiger partial charge in [0.15, 0.2) is 0 Å². The van der Waals surface area contributed by atoms with E-state index in [9.17, 15) is 18.3 Å². The average molecular weight is 588 g/mol. The van der Waals surface area contributed by atoms with Crippen molar-refractivity contribution in [1.29, 1.82) is 0 Å². The van der Waals surface area contributed by atoms with Crippen LogP contribution in [0.3, 0.4) is 0 Å². The van der Waals surface area contributed by atoms with Crippen LogP contribution in [0.4, 0.5) is 0 Å². The number of sulfonamides is 1. The van der Waals surface area contributed by atoms with Gasteiger partial charge in [0.25, 0.3) is 10.0 Å². The van der Waals surface area contributed by atoms with Crippen LogP contribution in [-0.2, 0) is 20.2 Å². The van der Waals surface area contributed by atoms with Crippen molar-refractivity contribution in [2.24, 2.45) is 0 Å². The predicted octanol–water partition coefficient (Wildman–Crippen LogP) is 5.23. The molecule has 2 aromatic carbocycles. The number of carboxylic acids is 1. The molecule has 2 N–H and O–H groups in total. The van der Waals surface area contributed by atoms with Crippen LogP contribution < -0.4 is 4.72 Å². The lowest BCUT2D eigenvalue weighted by atomic mass is 9.92. The number of benzene rings is 2. The second-order valence-electron chi connectivity index (χ2n) is 8.92. The average Bonchev–Trinajstić information content (AvgIpc) is 3.19. The molecule has 11 heteroatoms. The molecule has 0 radical (unpaired) electrons. The SMILES string of the molecule is CN(C)CCSCC1(c2ccccc2)CC1(NS(=O)(=O)c1ccc(-c2ccc(Cl)cc2)s1)C(=O)O.Cl. The molecule has 1 fully saturated rings. The number of nitrogens with one attached hydrogen (secondary N) is 1. The fourth-order valence-corrected chi connectivity index (χ4v) is 8.60. The zero-order chi connectivity index (χ0) is 25.3. The van der Waals surface area contributed by atoms with Crippen LogP contribution in [0.5, 0.6) is 0 Å². The molecule has 0 spiro atoms. The highest BCUT2D eigenvalue weighted by atomic mass is 35.5. The zero-order valence-electron chi connectivity index (χ0n) is 19.8. The van der Waals surface area contributed by atoms with Crippen LogP contribution >= 0.6 is 47.1 Å². The van der Waals surface area contributed by atoms with E-state index < -0.39 is 26.9 Å². The van der Waals surface area contributed by atoms with E-state index in [0.29, 0.717) is 10.8 Å².